The Morgan fingerprint density at radius 2 is 1.21 bits per heavy atom. The van der Waals surface area contributed by atoms with Crippen molar-refractivity contribution < 1.29 is 0 Å². The van der Waals surface area contributed by atoms with Crippen LogP contribution in [0.2, 0.25) is 0 Å². The molecular weight excluding hydrogens is 172 g/mol. The summed E-state index contributed by atoms with van der Waals surface area (Å²) in [6, 6.07) is 0. The van der Waals surface area contributed by atoms with Gasteiger partial charge in [0.05, 0.1) is 0 Å². The van der Waals surface area contributed by atoms with E-state index in [1.165, 1.54) is 25.7 Å². The van der Waals surface area contributed by atoms with Crippen LogP contribution in [0.25, 0.3) is 0 Å². The van der Waals surface area contributed by atoms with Crippen molar-refractivity contribution in [1.29, 1.82) is 0 Å². The zero-order valence-electron chi connectivity index (χ0n) is 8.97. The van der Waals surface area contributed by atoms with Crippen molar-refractivity contribution in [3.63, 3.8) is 0 Å². The lowest BCUT2D eigenvalue weighted by atomic mass is 9.82. The largest absolute Gasteiger partial charge is 0.391 e. The second-order valence-corrected chi connectivity index (χ2v) is 4.11. The van der Waals surface area contributed by atoms with Crippen molar-refractivity contribution in [2.75, 3.05) is 13.1 Å². The minimum absolute atomic E-state index is 0.855. The van der Waals surface area contributed by atoms with Crippen molar-refractivity contribution >= 4 is 0 Å². The molecule has 1 rings (SSSR count). The van der Waals surface area contributed by atoms with Gasteiger partial charge in [-0.2, -0.15) is 0 Å². The molecule has 0 heterocycles. The molecule has 1 saturated carbocycles. The first kappa shape index (κ1) is 11.2. The van der Waals surface area contributed by atoms with Crippen LogP contribution in [0.5, 0.6) is 0 Å². The van der Waals surface area contributed by atoms with Crippen LogP contribution >= 0.6 is 0 Å². The smallest absolute Gasteiger partial charge is 0.0169 e. The summed E-state index contributed by atoms with van der Waals surface area (Å²) in [4.78, 5) is 0. The van der Waals surface area contributed by atoms with Crippen LogP contribution in [-0.4, -0.2) is 13.1 Å². The van der Waals surface area contributed by atoms with E-state index in [0.717, 1.165) is 24.9 Å². The van der Waals surface area contributed by atoms with Crippen LogP contribution in [0.4, 0.5) is 0 Å². The maximum Gasteiger partial charge on any atom is 0.0169 e. The molecule has 2 nitrogen and oxygen atoms in total. The van der Waals surface area contributed by atoms with Crippen LogP contribution in [0.3, 0.4) is 0 Å². The average Bonchev–Trinajstić information content (AvgIpc) is 2.25. The summed E-state index contributed by atoms with van der Waals surface area (Å²) in [5.41, 5.74) is 0. The Labute approximate surface area is 87.5 Å². The monoisotopic (exact) mass is 194 g/mol. The predicted molar refractivity (Wildman–Crippen MR) is 61.8 cm³/mol. The molecule has 14 heavy (non-hydrogen) atoms. The third kappa shape index (κ3) is 3.86. The topological polar surface area (TPSA) is 24.1 Å². The maximum absolute atomic E-state index is 3.67. The van der Waals surface area contributed by atoms with Crippen LogP contribution in [0, 0.1) is 11.8 Å². The van der Waals surface area contributed by atoms with E-state index in [9.17, 15) is 0 Å². The van der Waals surface area contributed by atoms with Crippen molar-refractivity contribution in [2.45, 2.75) is 25.7 Å². The van der Waals surface area contributed by atoms with E-state index in [-0.39, 0.29) is 0 Å². The van der Waals surface area contributed by atoms with E-state index < -0.39 is 0 Å². The molecular formula is C12H22N2. The molecule has 0 unspecified atom stereocenters. The predicted octanol–water partition coefficient (Wildman–Crippen LogP) is 2.26. The van der Waals surface area contributed by atoms with Gasteiger partial charge in [0.1, 0.15) is 0 Å². The molecule has 2 heteroatoms. The van der Waals surface area contributed by atoms with Gasteiger partial charge < -0.3 is 10.6 Å². The Bertz CT molecular complexity index is 149. The Hall–Kier alpha value is -0.920. The van der Waals surface area contributed by atoms with E-state index in [0.29, 0.717) is 0 Å². The van der Waals surface area contributed by atoms with Crippen LogP contribution in [-0.2, 0) is 0 Å². The summed E-state index contributed by atoms with van der Waals surface area (Å²) in [6.45, 7) is 9.54. The summed E-state index contributed by atoms with van der Waals surface area (Å²) in [5, 5.41) is 6.42. The zero-order valence-corrected chi connectivity index (χ0v) is 8.97. The number of nitrogens with one attached hydrogen (secondary N) is 2. The molecule has 0 bridgehead atoms. The Morgan fingerprint density at radius 1 is 0.857 bits per heavy atom. The van der Waals surface area contributed by atoms with Crippen molar-refractivity contribution in [1.82, 2.24) is 10.6 Å². The molecule has 2 N–H and O–H groups in total. The second kappa shape index (κ2) is 6.52. The highest BCUT2D eigenvalue weighted by molar-refractivity contribution is 4.78. The molecule has 0 saturated heterocycles. The summed E-state index contributed by atoms with van der Waals surface area (Å²) in [5.74, 6) is 1.71. The fourth-order valence-corrected chi connectivity index (χ4v) is 2.14. The lowest BCUT2D eigenvalue weighted by molar-refractivity contribution is 0.271. The molecule has 0 aromatic heterocycles. The quantitative estimate of drug-likeness (QED) is 0.677. The summed E-state index contributed by atoms with van der Waals surface area (Å²) >= 11 is 0. The molecule has 80 valence electrons. The normalized spacial score (nSPS) is 26.6. The zero-order chi connectivity index (χ0) is 10.2. The Morgan fingerprint density at radius 3 is 1.50 bits per heavy atom. The molecule has 0 aromatic rings. The van der Waals surface area contributed by atoms with Gasteiger partial charge in [0, 0.05) is 13.1 Å². The van der Waals surface area contributed by atoms with Gasteiger partial charge in [-0.1, -0.05) is 13.2 Å². The van der Waals surface area contributed by atoms with E-state index in [1.807, 2.05) is 0 Å². The number of rotatable bonds is 6. The number of hydrogen-bond donors (Lipinski definition) is 2. The van der Waals surface area contributed by atoms with Gasteiger partial charge in [-0.25, -0.2) is 0 Å². The van der Waals surface area contributed by atoms with Gasteiger partial charge in [0.25, 0.3) is 0 Å². The van der Waals surface area contributed by atoms with E-state index >= 15 is 0 Å². The first-order valence-electron chi connectivity index (χ1n) is 5.55. The third-order valence-corrected chi connectivity index (χ3v) is 3.07. The average molecular weight is 194 g/mol. The SMILES string of the molecule is C=CNCC1CCC(CNC=C)CC1. The number of hydrogen-bond acceptors (Lipinski definition) is 2. The molecule has 0 spiro atoms. The minimum Gasteiger partial charge on any atom is -0.391 e. The molecule has 0 amide bonds. The Kier molecular flexibility index (Phi) is 5.20. The highest BCUT2D eigenvalue weighted by atomic mass is 14.8. The molecule has 0 aliphatic heterocycles. The summed E-state index contributed by atoms with van der Waals surface area (Å²) in [6.07, 6.45) is 9.00. The van der Waals surface area contributed by atoms with E-state index in [4.69, 9.17) is 0 Å². The fourth-order valence-electron chi connectivity index (χ4n) is 2.14. The van der Waals surface area contributed by atoms with Crippen LogP contribution in [0.15, 0.2) is 25.6 Å². The van der Waals surface area contributed by atoms with Crippen molar-refractivity contribution in [2.24, 2.45) is 11.8 Å². The molecule has 1 aliphatic carbocycles. The van der Waals surface area contributed by atoms with Gasteiger partial charge in [-0.05, 0) is 49.9 Å². The Balaban J connectivity index is 2.10. The molecule has 1 fully saturated rings. The van der Waals surface area contributed by atoms with E-state index in [1.54, 1.807) is 12.4 Å². The van der Waals surface area contributed by atoms with Gasteiger partial charge >= 0.3 is 0 Å². The first-order chi connectivity index (χ1) is 6.86. The van der Waals surface area contributed by atoms with E-state index in [2.05, 4.69) is 23.8 Å². The second-order valence-electron chi connectivity index (χ2n) is 4.11. The molecule has 0 aromatic carbocycles. The highest BCUT2D eigenvalue weighted by Crippen LogP contribution is 2.27. The van der Waals surface area contributed by atoms with Gasteiger partial charge in [-0.15, -0.1) is 0 Å². The van der Waals surface area contributed by atoms with Gasteiger partial charge in [-0.3, -0.25) is 0 Å². The van der Waals surface area contributed by atoms with Crippen molar-refractivity contribution in [3.05, 3.63) is 25.6 Å². The summed E-state index contributed by atoms with van der Waals surface area (Å²) in [7, 11) is 0. The maximum atomic E-state index is 3.67. The lowest BCUT2D eigenvalue weighted by Crippen LogP contribution is -2.27. The van der Waals surface area contributed by atoms with Gasteiger partial charge in [0.2, 0.25) is 0 Å². The first-order valence-corrected chi connectivity index (χ1v) is 5.55. The fraction of sp³-hybridized carbons (Fsp3) is 0.667. The molecule has 0 atom stereocenters. The summed E-state index contributed by atoms with van der Waals surface area (Å²) < 4.78 is 0. The molecule has 1 aliphatic rings. The third-order valence-electron chi connectivity index (χ3n) is 3.07. The van der Waals surface area contributed by atoms with Crippen LogP contribution in [0.1, 0.15) is 25.7 Å². The molecule has 0 radical (unpaired) electrons. The minimum atomic E-state index is 0.855. The lowest BCUT2D eigenvalue weighted by Gasteiger charge is -2.28. The van der Waals surface area contributed by atoms with Gasteiger partial charge in [0.15, 0.2) is 0 Å². The highest BCUT2D eigenvalue weighted by Gasteiger charge is 2.19. The van der Waals surface area contributed by atoms with Crippen molar-refractivity contribution in [3.8, 4) is 0 Å². The van der Waals surface area contributed by atoms with Crippen LogP contribution < -0.4 is 10.6 Å². The standard InChI is InChI=1S/C12H22N2/c1-3-13-9-11-5-7-12(8-6-11)10-14-4-2/h3-4,11-14H,1-2,5-10H2.